The molecule has 0 atom stereocenters. The van der Waals surface area contributed by atoms with Crippen LogP contribution in [0.2, 0.25) is 0 Å². The fraction of sp³-hybridized carbons (Fsp3) is 0.667. The minimum atomic E-state index is -2.55. The van der Waals surface area contributed by atoms with Crippen LogP contribution < -0.4 is 5.48 Å². The maximum Gasteiger partial charge on any atom is 0.240 e. The minimum absolute atomic E-state index is 0.536. The Morgan fingerprint density at radius 3 is 3.00 bits per heavy atom. The van der Waals surface area contributed by atoms with Crippen LogP contribution in [0.4, 0.5) is 0 Å². The van der Waals surface area contributed by atoms with E-state index in [1.54, 1.807) is 5.48 Å². The highest BCUT2D eigenvalue weighted by atomic mass is 16.6. The number of nitrogens with one attached hydrogen (secondary N) is 1. The third-order valence-corrected chi connectivity index (χ3v) is 0.195. The number of hydroxylamine groups is 1. The van der Waals surface area contributed by atoms with Crippen LogP contribution in [0.25, 0.3) is 0 Å². The molecule has 36 valence electrons. The highest BCUT2D eigenvalue weighted by molar-refractivity contribution is 5.71. The highest BCUT2D eigenvalue weighted by Crippen LogP contribution is 1.53. The van der Waals surface area contributed by atoms with Crippen molar-refractivity contribution in [3.05, 3.63) is 0 Å². The van der Waals surface area contributed by atoms with Crippen LogP contribution in [0.1, 0.15) is 11.0 Å². The zero-order chi connectivity index (χ0) is 7.49. The van der Waals surface area contributed by atoms with Gasteiger partial charge in [-0.3, -0.25) is 9.63 Å². The quantitative estimate of drug-likeness (QED) is 0.450. The molecule has 0 aromatic carbocycles. The third-order valence-electron chi connectivity index (χ3n) is 0.195. The molecule has 3 nitrogen and oxygen atoms in total. The van der Waals surface area contributed by atoms with E-state index >= 15 is 0 Å². The number of rotatable bonds is 1. The number of carbonyl (C=O) groups is 1. The minimum Gasteiger partial charge on any atom is -0.277 e. The second kappa shape index (κ2) is 2.66. The van der Waals surface area contributed by atoms with Crippen molar-refractivity contribution < 1.29 is 13.7 Å². The SMILES string of the molecule is [2H]C([2H])([2H])ONC(C)=O. The van der Waals surface area contributed by atoms with Gasteiger partial charge in [0.2, 0.25) is 5.91 Å². The summed E-state index contributed by atoms with van der Waals surface area (Å²) < 4.78 is 19.3. The normalized spacial score (nSPS) is 17.2. The summed E-state index contributed by atoms with van der Waals surface area (Å²) in [5.74, 6) is -0.536. The van der Waals surface area contributed by atoms with E-state index in [9.17, 15) is 4.79 Å². The van der Waals surface area contributed by atoms with Crippen molar-refractivity contribution in [3.63, 3.8) is 0 Å². The molecule has 0 radical (unpaired) electrons. The lowest BCUT2D eigenvalue weighted by molar-refractivity contribution is -0.128. The summed E-state index contributed by atoms with van der Waals surface area (Å²) in [5, 5.41) is 0. The average molecular weight is 92.1 g/mol. The predicted molar refractivity (Wildman–Crippen MR) is 20.8 cm³/mol. The Hall–Kier alpha value is -0.570. The molecule has 0 heterocycles. The molecule has 0 saturated heterocycles. The lowest BCUT2D eigenvalue weighted by Crippen LogP contribution is -2.17. The molecule has 3 heteroatoms. The number of amides is 1. The van der Waals surface area contributed by atoms with Crippen LogP contribution in [0.15, 0.2) is 0 Å². The monoisotopic (exact) mass is 92.1 g/mol. The standard InChI is InChI=1S/C3H7NO2/c1-3(5)4-6-2/h1-2H3,(H,4,5)/i2D3. The van der Waals surface area contributed by atoms with Crippen LogP contribution in [-0.4, -0.2) is 12.9 Å². The Bertz CT molecular complexity index is 110. The predicted octanol–water partition coefficient (Wildman–Crippen LogP) is -0.316. The fourth-order valence-corrected chi connectivity index (χ4v) is 0.0719. The van der Waals surface area contributed by atoms with E-state index in [1.165, 1.54) is 0 Å². The van der Waals surface area contributed by atoms with Gasteiger partial charge < -0.3 is 0 Å². The first-order valence-electron chi connectivity index (χ1n) is 2.86. The zero-order valence-corrected chi connectivity index (χ0v) is 3.32. The number of hydrogen-bond donors (Lipinski definition) is 1. The van der Waals surface area contributed by atoms with Crippen LogP contribution in [0.3, 0.4) is 0 Å². The molecule has 1 N–H and O–H groups in total. The largest absolute Gasteiger partial charge is 0.277 e. The summed E-state index contributed by atoms with van der Waals surface area (Å²) >= 11 is 0. The molecular formula is C3H7NO2. The van der Waals surface area contributed by atoms with Crippen molar-refractivity contribution in [2.24, 2.45) is 0 Å². The topological polar surface area (TPSA) is 38.3 Å². The number of hydrogen-bond acceptors (Lipinski definition) is 2. The first kappa shape index (κ1) is 1.93. The average Bonchev–Trinajstić information content (AvgIpc) is 1.59. The van der Waals surface area contributed by atoms with Gasteiger partial charge in [-0.25, -0.2) is 5.48 Å². The van der Waals surface area contributed by atoms with Crippen molar-refractivity contribution in [1.82, 2.24) is 5.48 Å². The molecule has 0 saturated carbocycles. The van der Waals surface area contributed by atoms with Gasteiger partial charge >= 0.3 is 0 Å². The van der Waals surface area contributed by atoms with Crippen LogP contribution in [-0.2, 0) is 9.63 Å². The molecule has 1 amide bonds. The van der Waals surface area contributed by atoms with Gasteiger partial charge in [0.25, 0.3) is 0 Å². The van der Waals surface area contributed by atoms with Crippen molar-refractivity contribution >= 4 is 5.91 Å². The van der Waals surface area contributed by atoms with Crippen molar-refractivity contribution in [2.45, 2.75) is 6.92 Å². The van der Waals surface area contributed by atoms with E-state index in [1.807, 2.05) is 0 Å². The Morgan fingerprint density at radius 1 is 2.17 bits per heavy atom. The van der Waals surface area contributed by atoms with Gasteiger partial charge in [-0.1, -0.05) is 0 Å². The van der Waals surface area contributed by atoms with E-state index in [0.717, 1.165) is 6.92 Å². The van der Waals surface area contributed by atoms with Crippen molar-refractivity contribution in [2.75, 3.05) is 7.04 Å². The first-order chi connectivity index (χ1) is 3.92. The van der Waals surface area contributed by atoms with E-state index in [4.69, 9.17) is 4.11 Å². The summed E-state index contributed by atoms with van der Waals surface area (Å²) in [6.07, 6.45) is 0. The van der Waals surface area contributed by atoms with Gasteiger partial charge in [-0.05, 0) is 0 Å². The molecule has 0 aliphatic heterocycles. The summed E-state index contributed by atoms with van der Waals surface area (Å²) in [6.45, 7) is 1.16. The molecular weight excluding hydrogens is 82.0 g/mol. The smallest absolute Gasteiger partial charge is 0.240 e. The van der Waals surface area contributed by atoms with Gasteiger partial charge in [0.15, 0.2) is 0 Å². The maximum absolute atomic E-state index is 10.0. The van der Waals surface area contributed by atoms with Gasteiger partial charge in [-0.15, -0.1) is 0 Å². The number of carbonyl (C=O) groups excluding carboxylic acids is 1. The Labute approximate surface area is 40.5 Å². The Balaban J connectivity index is 3.39. The third kappa shape index (κ3) is 3.43. The summed E-state index contributed by atoms with van der Waals surface area (Å²) in [6, 6.07) is 0. The molecule has 0 aliphatic rings. The van der Waals surface area contributed by atoms with Crippen LogP contribution in [0, 0.1) is 0 Å². The van der Waals surface area contributed by atoms with Gasteiger partial charge in [-0.2, -0.15) is 0 Å². The molecule has 0 aromatic heterocycles. The van der Waals surface area contributed by atoms with Crippen LogP contribution >= 0.6 is 0 Å². The molecule has 0 rings (SSSR count). The van der Waals surface area contributed by atoms with Gasteiger partial charge in [0.05, 0.1) is 11.2 Å². The molecule has 6 heavy (non-hydrogen) atoms. The highest BCUT2D eigenvalue weighted by Gasteiger charge is 1.79. The molecule has 0 aliphatic carbocycles. The van der Waals surface area contributed by atoms with Crippen molar-refractivity contribution in [3.8, 4) is 0 Å². The molecule has 0 bridgehead atoms. The summed E-state index contributed by atoms with van der Waals surface area (Å²) in [5.41, 5.74) is 1.68. The van der Waals surface area contributed by atoms with Crippen molar-refractivity contribution in [1.29, 1.82) is 0 Å². The fourth-order valence-electron chi connectivity index (χ4n) is 0.0719. The Morgan fingerprint density at radius 2 is 2.83 bits per heavy atom. The van der Waals surface area contributed by atoms with E-state index < -0.39 is 12.9 Å². The summed E-state index contributed by atoms with van der Waals surface area (Å²) in [4.78, 5) is 13.9. The van der Waals surface area contributed by atoms with Crippen LogP contribution in [0.5, 0.6) is 0 Å². The second-order valence-electron chi connectivity index (χ2n) is 0.760. The maximum atomic E-state index is 10.0. The van der Waals surface area contributed by atoms with Gasteiger partial charge in [0.1, 0.15) is 0 Å². The first-order valence-corrected chi connectivity index (χ1v) is 1.36. The van der Waals surface area contributed by atoms with Gasteiger partial charge in [0, 0.05) is 6.92 Å². The molecule has 0 unspecified atom stereocenters. The molecule has 0 spiro atoms. The van der Waals surface area contributed by atoms with E-state index in [2.05, 4.69) is 4.84 Å². The molecule has 0 aromatic rings. The second-order valence-corrected chi connectivity index (χ2v) is 0.760. The molecule has 0 fully saturated rings. The lowest BCUT2D eigenvalue weighted by atomic mass is 10.8. The van der Waals surface area contributed by atoms with E-state index in [-0.39, 0.29) is 0 Å². The Kier molecular flexibility index (Phi) is 0.854. The van der Waals surface area contributed by atoms with E-state index in [0.29, 0.717) is 0 Å². The summed E-state index contributed by atoms with van der Waals surface area (Å²) in [7, 11) is -2.55. The zero-order valence-electron chi connectivity index (χ0n) is 6.32. The lowest BCUT2D eigenvalue weighted by Gasteiger charge is -1.90.